The number of rotatable bonds is 8. The van der Waals surface area contributed by atoms with E-state index in [1.807, 2.05) is 0 Å². The van der Waals surface area contributed by atoms with Crippen LogP contribution < -0.4 is 10.0 Å². The second-order valence-electron chi connectivity index (χ2n) is 8.24. The molecule has 0 radical (unpaired) electrons. The number of aromatic nitrogens is 1. The highest BCUT2D eigenvalue weighted by molar-refractivity contribution is 7.92. The van der Waals surface area contributed by atoms with E-state index in [0.29, 0.717) is 42.7 Å². The van der Waals surface area contributed by atoms with Crippen molar-refractivity contribution in [2.75, 3.05) is 28.9 Å². The number of carbonyl (C=O) groups is 1. The maximum atomic E-state index is 13.1. The molecule has 0 bridgehead atoms. The van der Waals surface area contributed by atoms with Crippen LogP contribution in [0.25, 0.3) is 0 Å². The Labute approximate surface area is 194 Å². The Hall–Kier alpha value is -2.44. The van der Waals surface area contributed by atoms with Gasteiger partial charge in [0.1, 0.15) is 10.6 Å². The van der Waals surface area contributed by atoms with E-state index < -0.39 is 26.0 Å². The van der Waals surface area contributed by atoms with Gasteiger partial charge in [-0.15, -0.1) is 0 Å². The highest BCUT2D eigenvalue weighted by Crippen LogP contribution is 2.29. The zero-order chi connectivity index (χ0) is 24.4. The summed E-state index contributed by atoms with van der Waals surface area (Å²) in [6, 6.07) is 4.98. The van der Waals surface area contributed by atoms with E-state index in [9.17, 15) is 21.6 Å². The number of carbonyl (C=O) groups excluding carboxylic acids is 1. The molecule has 2 aromatic rings. The van der Waals surface area contributed by atoms with Crippen molar-refractivity contribution >= 4 is 37.3 Å². The Balaban J connectivity index is 1.75. The second kappa shape index (κ2) is 9.82. The summed E-state index contributed by atoms with van der Waals surface area (Å²) < 4.78 is 59.4. The quantitative estimate of drug-likeness (QED) is 0.570. The van der Waals surface area contributed by atoms with Crippen LogP contribution >= 0.6 is 0 Å². The summed E-state index contributed by atoms with van der Waals surface area (Å²) in [5, 5.41) is 6.57. The van der Waals surface area contributed by atoms with Gasteiger partial charge >= 0.3 is 0 Å². The van der Waals surface area contributed by atoms with Gasteiger partial charge in [0.2, 0.25) is 26.0 Å². The molecular formula is C21H30N4O6S2. The maximum absolute atomic E-state index is 13.1. The smallest absolute Gasteiger partial charge is 0.248 e. The zero-order valence-electron chi connectivity index (χ0n) is 19.2. The van der Waals surface area contributed by atoms with E-state index in [1.165, 1.54) is 4.31 Å². The first-order valence-corrected chi connectivity index (χ1v) is 13.9. The van der Waals surface area contributed by atoms with Gasteiger partial charge in [-0.05, 0) is 57.7 Å². The van der Waals surface area contributed by atoms with Crippen molar-refractivity contribution < 1.29 is 26.2 Å². The molecule has 1 amide bonds. The number of sulfonamides is 2. The molecule has 1 saturated heterocycles. The fourth-order valence-electron chi connectivity index (χ4n) is 3.95. The van der Waals surface area contributed by atoms with Crippen molar-refractivity contribution in [3.8, 4) is 0 Å². The van der Waals surface area contributed by atoms with Gasteiger partial charge in [-0.3, -0.25) is 9.52 Å². The molecule has 33 heavy (non-hydrogen) atoms. The Morgan fingerprint density at radius 3 is 2.52 bits per heavy atom. The first kappa shape index (κ1) is 25.2. The van der Waals surface area contributed by atoms with Crippen molar-refractivity contribution in [2.24, 2.45) is 5.92 Å². The van der Waals surface area contributed by atoms with Crippen molar-refractivity contribution in [3.63, 3.8) is 0 Å². The average Bonchev–Trinajstić information content (AvgIpc) is 3.09. The molecule has 1 aliphatic heterocycles. The van der Waals surface area contributed by atoms with Gasteiger partial charge in [0, 0.05) is 18.8 Å². The van der Waals surface area contributed by atoms with Crippen LogP contribution in [-0.2, 0) is 24.8 Å². The molecule has 182 valence electrons. The van der Waals surface area contributed by atoms with Gasteiger partial charge in [0.25, 0.3) is 0 Å². The highest BCUT2D eigenvalue weighted by atomic mass is 32.2. The molecule has 1 aromatic heterocycles. The molecule has 12 heteroatoms. The van der Waals surface area contributed by atoms with Crippen LogP contribution in [0.15, 0.2) is 27.6 Å². The normalized spacial score (nSPS) is 17.6. The second-order valence-corrected chi connectivity index (χ2v) is 12.0. The van der Waals surface area contributed by atoms with E-state index in [1.54, 1.807) is 45.9 Å². The minimum atomic E-state index is -3.84. The van der Waals surface area contributed by atoms with Crippen LogP contribution in [0.2, 0.25) is 0 Å². The molecule has 1 unspecified atom stereocenters. The van der Waals surface area contributed by atoms with Crippen LogP contribution in [-0.4, -0.2) is 51.0 Å². The Morgan fingerprint density at radius 2 is 1.88 bits per heavy atom. The zero-order valence-corrected chi connectivity index (χ0v) is 20.8. The fourth-order valence-corrected chi connectivity index (χ4v) is 6.96. The summed E-state index contributed by atoms with van der Waals surface area (Å²) in [5.74, 6) is -0.642. The molecule has 10 nitrogen and oxygen atoms in total. The minimum absolute atomic E-state index is 0.000537. The molecule has 0 saturated carbocycles. The standard InChI is InChI=1S/C21H30N4O6S2/c1-5-12-32(27,28)24-19-10-6-9-18(14(19)2)22-21(26)17-8-7-11-25(13-17)33(29,30)20-15(3)23-31-16(20)4/h6,9-10,17,24H,5,7-8,11-13H2,1-4H3,(H,22,26). The molecule has 0 aliphatic carbocycles. The third-order valence-electron chi connectivity index (χ3n) is 5.65. The Morgan fingerprint density at radius 1 is 1.18 bits per heavy atom. The maximum Gasteiger partial charge on any atom is 0.248 e. The molecule has 1 fully saturated rings. The van der Waals surface area contributed by atoms with E-state index in [4.69, 9.17) is 4.52 Å². The Kier molecular flexibility index (Phi) is 7.49. The summed E-state index contributed by atoms with van der Waals surface area (Å²) in [7, 11) is -7.31. The number of nitrogens with one attached hydrogen (secondary N) is 2. The minimum Gasteiger partial charge on any atom is -0.360 e. The van der Waals surface area contributed by atoms with E-state index in [0.717, 1.165) is 0 Å². The van der Waals surface area contributed by atoms with Gasteiger partial charge < -0.3 is 9.84 Å². The summed E-state index contributed by atoms with van der Waals surface area (Å²) >= 11 is 0. The van der Waals surface area contributed by atoms with Crippen LogP contribution in [0.5, 0.6) is 0 Å². The number of hydrogen-bond acceptors (Lipinski definition) is 7. The SMILES string of the molecule is CCCS(=O)(=O)Nc1cccc(NC(=O)C2CCCN(S(=O)(=O)c3c(C)noc3C)C2)c1C. The highest BCUT2D eigenvalue weighted by Gasteiger charge is 2.36. The lowest BCUT2D eigenvalue weighted by Gasteiger charge is -2.31. The molecule has 3 rings (SSSR count). The third-order valence-corrected chi connectivity index (χ3v) is 9.24. The van der Waals surface area contributed by atoms with Gasteiger partial charge in [-0.1, -0.05) is 18.1 Å². The molecule has 1 aliphatic rings. The van der Waals surface area contributed by atoms with Crippen LogP contribution in [0.4, 0.5) is 11.4 Å². The van der Waals surface area contributed by atoms with Gasteiger partial charge in [0.15, 0.2) is 5.76 Å². The monoisotopic (exact) mass is 498 g/mol. The van der Waals surface area contributed by atoms with E-state index >= 15 is 0 Å². The summed E-state index contributed by atoms with van der Waals surface area (Å²) in [6.45, 7) is 6.97. The van der Waals surface area contributed by atoms with Gasteiger partial charge in [-0.25, -0.2) is 16.8 Å². The van der Waals surface area contributed by atoms with Crippen molar-refractivity contribution in [1.82, 2.24) is 9.46 Å². The summed E-state index contributed by atoms with van der Waals surface area (Å²) in [4.78, 5) is 13.1. The largest absolute Gasteiger partial charge is 0.360 e. The van der Waals surface area contributed by atoms with Crippen molar-refractivity contribution in [2.45, 2.75) is 51.9 Å². The predicted molar refractivity (Wildman–Crippen MR) is 125 cm³/mol. The lowest BCUT2D eigenvalue weighted by Crippen LogP contribution is -2.44. The van der Waals surface area contributed by atoms with Crippen molar-refractivity contribution in [3.05, 3.63) is 35.2 Å². The van der Waals surface area contributed by atoms with Crippen molar-refractivity contribution in [1.29, 1.82) is 0 Å². The Bertz CT molecular complexity index is 1220. The number of benzene rings is 1. The average molecular weight is 499 g/mol. The molecule has 0 spiro atoms. The molecule has 1 atom stereocenters. The number of amides is 1. The van der Waals surface area contributed by atoms with Crippen LogP contribution in [0.1, 0.15) is 43.2 Å². The number of anilines is 2. The first-order valence-electron chi connectivity index (χ1n) is 10.8. The number of aryl methyl sites for hydroxylation is 2. The lowest BCUT2D eigenvalue weighted by molar-refractivity contribution is -0.120. The third kappa shape index (κ3) is 5.56. The molecule has 1 aromatic carbocycles. The van der Waals surface area contributed by atoms with E-state index in [2.05, 4.69) is 15.2 Å². The van der Waals surface area contributed by atoms with Crippen LogP contribution in [0, 0.1) is 26.7 Å². The summed E-state index contributed by atoms with van der Waals surface area (Å²) in [5.41, 5.74) is 1.74. The fraction of sp³-hybridized carbons (Fsp3) is 0.524. The predicted octanol–water partition coefficient (Wildman–Crippen LogP) is 2.79. The van der Waals surface area contributed by atoms with Crippen LogP contribution in [0.3, 0.4) is 0 Å². The topological polar surface area (TPSA) is 139 Å². The number of nitrogens with zero attached hydrogens (tertiary/aromatic N) is 2. The summed E-state index contributed by atoms with van der Waals surface area (Å²) in [6.07, 6.45) is 1.57. The number of piperidine rings is 1. The van der Waals surface area contributed by atoms with E-state index in [-0.39, 0.29) is 34.6 Å². The van der Waals surface area contributed by atoms with Gasteiger partial charge in [0.05, 0.1) is 17.4 Å². The molecule has 2 N–H and O–H groups in total. The van der Waals surface area contributed by atoms with Gasteiger partial charge in [-0.2, -0.15) is 4.31 Å². The molecular weight excluding hydrogens is 468 g/mol. The lowest BCUT2D eigenvalue weighted by atomic mass is 9.98. The number of hydrogen-bond donors (Lipinski definition) is 2. The molecule has 2 heterocycles. The first-order chi connectivity index (χ1) is 15.5.